The lowest BCUT2D eigenvalue weighted by molar-refractivity contribution is -0.124. The quantitative estimate of drug-likeness (QED) is 0.421. The Hall–Kier alpha value is -2.50. The van der Waals surface area contributed by atoms with Gasteiger partial charge in [-0.25, -0.2) is 0 Å². The highest BCUT2D eigenvalue weighted by atomic mass is 16.5. The summed E-state index contributed by atoms with van der Waals surface area (Å²) in [5.41, 5.74) is 2.22. The summed E-state index contributed by atoms with van der Waals surface area (Å²) in [5.74, 6) is 1.89. The molecule has 0 aliphatic carbocycles. The van der Waals surface area contributed by atoms with Gasteiger partial charge in [0.1, 0.15) is 0 Å². The van der Waals surface area contributed by atoms with Crippen molar-refractivity contribution in [2.75, 3.05) is 39.5 Å². The minimum absolute atomic E-state index is 0.0860. The van der Waals surface area contributed by atoms with Gasteiger partial charge in [0.05, 0.1) is 24.8 Å². The minimum atomic E-state index is -0.250. The molecule has 0 saturated carbocycles. The first-order chi connectivity index (χ1) is 16.5. The largest absolute Gasteiger partial charge is 0.483 e. The highest BCUT2D eigenvalue weighted by molar-refractivity contribution is 5.76. The lowest BCUT2D eigenvalue weighted by Crippen LogP contribution is -2.42. The number of amides is 1. The molecule has 0 aromatic carbocycles. The molecule has 3 atom stereocenters. The SMILES string of the molecule is Cc1cc(CN2CC[C@@H]3[C@@H](CO[C@H]3CC(=O)NCCC3CCOCC3)C2)n[nH]1.O=CO.O=CO. The zero-order valence-corrected chi connectivity index (χ0v) is 19.9. The molecule has 1 aromatic rings. The standard InChI is InChI=1S/C21H34N4O3.2CH2O2/c1-15-10-18(24-23-15)13-25-7-3-19-17(12-25)14-28-20(19)11-21(26)22-6-2-16-4-8-27-9-5-16;2*2-1-3/h10,16-17,19-20H,2-9,11-14H2,1H3,(H,22,26)(H,23,24);2*1H,(H,2,3)/t17-,19-,20+;;/m1../s1. The van der Waals surface area contributed by atoms with E-state index in [2.05, 4.69) is 26.5 Å². The Morgan fingerprint density at radius 2 is 1.97 bits per heavy atom. The van der Waals surface area contributed by atoms with Crippen molar-refractivity contribution < 1.29 is 34.1 Å². The number of nitrogens with one attached hydrogen (secondary N) is 2. The highest BCUT2D eigenvalue weighted by Crippen LogP contribution is 2.36. The van der Waals surface area contributed by atoms with E-state index >= 15 is 0 Å². The molecule has 0 unspecified atom stereocenters. The number of likely N-dealkylation sites (tertiary alicyclic amines) is 1. The summed E-state index contributed by atoms with van der Waals surface area (Å²) in [6, 6.07) is 2.12. The Labute approximate surface area is 200 Å². The fraction of sp³-hybridized carbons (Fsp3) is 0.739. The third-order valence-corrected chi connectivity index (χ3v) is 6.63. The van der Waals surface area contributed by atoms with Gasteiger partial charge in [0.15, 0.2) is 0 Å². The number of carboxylic acid groups (broad SMARTS) is 2. The van der Waals surface area contributed by atoms with Gasteiger partial charge >= 0.3 is 0 Å². The van der Waals surface area contributed by atoms with Crippen LogP contribution in [-0.2, 0) is 30.4 Å². The second kappa shape index (κ2) is 15.4. The summed E-state index contributed by atoms with van der Waals surface area (Å²) in [7, 11) is 0. The number of piperidine rings is 1. The zero-order valence-electron chi connectivity index (χ0n) is 19.9. The van der Waals surface area contributed by atoms with Gasteiger partial charge in [0.25, 0.3) is 12.9 Å². The molecule has 4 N–H and O–H groups in total. The lowest BCUT2D eigenvalue weighted by atomic mass is 9.83. The number of carbonyl (C=O) groups excluding carboxylic acids is 1. The first-order valence-corrected chi connectivity index (χ1v) is 11.9. The number of aryl methyl sites for hydroxylation is 1. The monoisotopic (exact) mass is 482 g/mol. The number of H-pyrrole nitrogens is 1. The lowest BCUT2D eigenvalue weighted by Gasteiger charge is -2.35. The van der Waals surface area contributed by atoms with E-state index in [1.54, 1.807) is 0 Å². The van der Waals surface area contributed by atoms with E-state index in [1.165, 1.54) is 0 Å². The van der Waals surface area contributed by atoms with E-state index in [0.29, 0.717) is 24.2 Å². The van der Waals surface area contributed by atoms with Gasteiger partial charge in [0, 0.05) is 44.5 Å². The predicted octanol–water partition coefficient (Wildman–Crippen LogP) is 1.28. The zero-order chi connectivity index (χ0) is 24.8. The Morgan fingerprint density at radius 3 is 2.62 bits per heavy atom. The summed E-state index contributed by atoms with van der Waals surface area (Å²) >= 11 is 0. The molecule has 3 aliphatic rings. The highest BCUT2D eigenvalue weighted by Gasteiger charge is 2.41. The maximum absolute atomic E-state index is 12.4. The number of aromatic nitrogens is 2. The summed E-state index contributed by atoms with van der Waals surface area (Å²) in [6.07, 6.45) is 5.01. The number of fused-ring (bicyclic) bond motifs is 1. The number of nitrogens with zero attached hydrogens (tertiary/aromatic N) is 2. The Balaban J connectivity index is 0.000000618. The average molecular weight is 483 g/mol. The molecule has 11 nitrogen and oxygen atoms in total. The van der Waals surface area contributed by atoms with E-state index in [9.17, 15) is 4.79 Å². The molecule has 3 aliphatic heterocycles. The molecule has 34 heavy (non-hydrogen) atoms. The molecule has 192 valence electrons. The van der Waals surface area contributed by atoms with Gasteiger partial charge in [-0.05, 0) is 57.1 Å². The summed E-state index contributed by atoms with van der Waals surface area (Å²) < 4.78 is 11.4. The summed E-state index contributed by atoms with van der Waals surface area (Å²) in [5, 5.41) is 24.3. The van der Waals surface area contributed by atoms with Gasteiger partial charge < -0.3 is 25.0 Å². The Bertz CT molecular complexity index is 733. The van der Waals surface area contributed by atoms with Crippen molar-refractivity contribution >= 4 is 18.9 Å². The van der Waals surface area contributed by atoms with Gasteiger partial charge in [0.2, 0.25) is 5.91 Å². The van der Waals surface area contributed by atoms with Crippen molar-refractivity contribution in [3.05, 3.63) is 17.5 Å². The van der Waals surface area contributed by atoms with Crippen LogP contribution < -0.4 is 5.32 Å². The van der Waals surface area contributed by atoms with Gasteiger partial charge in [-0.3, -0.25) is 24.4 Å². The number of rotatable bonds is 7. The van der Waals surface area contributed by atoms with Gasteiger partial charge in [-0.15, -0.1) is 0 Å². The average Bonchev–Trinajstić information content (AvgIpc) is 3.41. The third kappa shape index (κ3) is 9.40. The molecule has 0 radical (unpaired) electrons. The van der Waals surface area contributed by atoms with Crippen LogP contribution in [0.3, 0.4) is 0 Å². The maximum Gasteiger partial charge on any atom is 0.290 e. The van der Waals surface area contributed by atoms with Crippen LogP contribution >= 0.6 is 0 Å². The molecule has 3 fully saturated rings. The Kier molecular flexibility index (Phi) is 12.6. The number of ether oxygens (including phenoxy) is 2. The Morgan fingerprint density at radius 1 is 1.26 bits per heavy atom. The van der Waals surface area contributed by atoms with Crippen LogP contribution in [0.4, 0.5) is 0 Å². The first kappa shape index (κ1) is 27.7. The van der Waals surface area contributed by atoms with Crippen molar-refractivity contribution in [3.8, 4) is 0 Å². The predicted molar refractivity (Wildman–Crippen MR) is 123 cm³/mol. The van der Waals surface area contributed by atoms with Crippen LogP contribution in [0, 0.1) is 24.7 Å². The third-order valence-electron chi connectivity index (χ3n) is 6.63. The summed E-state index contributed by atoms with van der Waals surface area (Å²) in [4.78, 5) is 31.6. The molecule has 1 aromatic heterocycles. The molecular formula is C23H38N4O7. The van der Waals surface area contributed by atoms with Crippen LogP contribution in [-0.4, -0.2) is 89.7 Å². The van der Waals surface area contributed by atoms with E-state index in [4.69, 9.17) is 29.3 Å². The van der Waals surface area contributed by atoms with Crippen LogP contribution in [0.2, 0.25) is 0 Å². The number of carbonyl (C=O) groups is 3. The molecule has 4 heterocycles. The number of hydrogen-bond acceptors (Lipinski definition) is 7. The van der Waals surface area contributed by atoms with Crippen LogP contribution in [0.15, 0.2) is 6.07 Å². The van der Waals surface area contributed by atoms with Crippen LogP contribution in [0.1, 0.15) is 43.5 Å². The maximum atomic E-state index is 12.4. The van der Waals surface area contributed by atoms with Crippen molar-refractivity contribution in [2.45, 2.75) is 51.7 Å². The van der Waals surface area contributed by atoms with Crippen molar-refractivity contribution in [1.82, 2.24) is 20.4 Å². The van der Waals surface area contributed by atoms with E-state index in [-0.39, 0.29) is 25.0 Å². The smallest absolute Gasteiger partial charge is 0.290 e. The molecular weight excluding hydrogens is 444 g/mol. The van der Waals surface area contributed by atoms with Crippen LogP contribution in [0.5, 0.6) is 0 Å². The molecule has 3 saturated heterocycles. The summed E-state index contributed by atoms with van der Waals surface area (Å²) in [6.45, 7) is 7.82. The van der Waals surface area contributed by atoms with E-state index in [1.807, 2.05) is 6.92 Å². The second-order valence-corrected chi connectivity index (χ2v) is 8.97. The van der Waals surface area contributed by atoms with E-state index < -0.39 is 0 Å². The van der Waals surface area contributed by atoms with Crippen molar-refractivity contribution in [2.24, 2.45) is 17.8 Å². The van der Waals surface area contributed by atoms with Crippen LogP contribution in [0.25, 0.3) is 0 Å². The van der Waals surface area contributed by atoms with Gasteiger partial charge in [-0.1, -0.05) is 0 Å². The molecule has 11 heteroatoms. The first-order valence-electron chi connectivity index (χ1n) is 11.9. The van der Waals surface area contributed by atoms with Crippen molar-refractivity contribution in [1.29, 1.82) is 0 Å². The minimum Gasteiger partial charge on any atom is -0.483 e. The molecule has 0 spiro atoms. The molecule has 1 amide bonds. The normalized spacial score (nSPS) is 24.6. The molecule has 0 bridgehead atoms. The number of hydrogen-bond donors (Lipinski definition) is 4. The van der Waals surface area contributed by atoms with Gasteiger partial charge in [-0.2, -0.15) is 5.10 Å². The topological polar surface area (TPSA) is 154 Å². The molecule has 4 rings (SSSR count). The number of aromatic amines is 1. The van der Waals surface area contributed by atoms with E-state index in [0.717, 1.165) is 83.1 Å². The fourth-order valence-corrected chi connectivity index (χ4v) is 5.01. The fourth-order valence-electron chi connectivity index (χ4n) is 5.01. The van der Waals surface area contributed by atoms with Crippen molar-refractivity contribution in [3.63, 3.8) is 0 Å². The second-order valence-electron chi connectivity index (χ2n) is 8.97.